The van der Waals surface area contributed by atoms with Crippen LogP contribution < -0.4 is 16.2 Å². The molecule has 27 heavy (non-hydrogen) atoms. The molecule has 0 saturated carbocycles. The first-order valence-electron chi connectivity index (χ1n) is 8.52. The number of thioether (sulfide) groups is 1. The lowest BCUT2D eigenvalue weighted by Crippen LogP contribution is -2.10. The van der Waals surface area contributed by atoms with Crippen molar-refractivity contribution in [1.29, 1.82) is 0 Å². The van der Waals surface area contributed by atoms with Crippen molar-refractivity contribution in [2.45, 2.75) is 38.3 Å². The molecule has 1 aromatic carbocycles. The molecular weight excluding hydrogens is 409 g/mol. The van der Waals surface area contributed by atoms with Crippen LogP contribution in [0.2, 0.25) is 10.0 Å². The van der Waals surface area contributed by atoms with Gasteiger partial charge in [-0.05, 0) is 12.5 Å². The molecule has 0 unspecified atom stereocenters. The first kappa shape index (κ1) is 21.5. The van der Waals surface area contributed by atoms with Crippen molar-refractivity contribution in [3.63, 3.8) is 0 Å². The molecule has 0 radical (unpaired) electrons. The van der Waals surface area contributed by atoms with E-state index in [0.717, 1.165) is 5.56 Å². The van der Waals surface area contributed by atoms with E-state index in [2.05, 4.69) is 15.0 Å². The third-order valence-electron chi connectivity index (χ3n) is 3.54. The van der Waals surface area contributed by atoms with Crippen LogP contribution in [0.5, 0.6) is 5.75 Å². The number of carbonyl (C=O) groups is 1. The van der Waals surface area contributed by atoms with Gasteiger partial charge in [0.15, 0.2) is 11.0 Å². The molecular formula is C17H21Cl2N5O2S. The maximum atomic E-state index is 10.8. The van der Waals surface area contributed by atoms with Crippen LogP contribution in [0.15, 0.2) is 11.2 Å². The van der Waals surface area contributed by atoms with Crippen LogP contribution in [0.25, 0.3) is 11.4 Å². The summed E-state index contributed by atoms with van der Waals surface area (Å²) in [5.74, 6) is 1.39. The molecule has 0 saturated heterocycles. The van der Waals surface area contributed by atoms with E-state index in [1.54, 1.807) is 6.07 Å². The van der Waals surface area contributed by atoms with Gasteiger partial charge in [0, 0.05) is 29.7 Å². The Hall–Kier alpha value is -1.77. The number of aromatic nitrogens is 3. The topological polar surface area (TPSA) is 117 Å². The SMILES string of the molecule is CC.NC(=O)CCCSc1nc(N)nc(-c2c(Cl)cc(Cl)c3c2CCO3)n1. The highest BCUT2D eigenvalue weighted by Crippen LogP contribution is 2.43. The molecule has 4 N–H and O–H groups in total. The van der Waals surface area contributed by atoms with E-state index in [0.29, 0.717) is 64.0 Å². The molecule has 146 valence electrons. The van der Waals surface area contributed by atoms with Gasteiger partial charge in [0.2, 0.25) is 11.9 Å². The van der Waals surface area contributed by atoms with Crippen LogP contribution in [-0.2, 0) is 11.2 Å². The van der Waals surface area contributed by atoms with E-state index in [1.165, 1.54) is 11.8 Å². The number of nitrogens with two attached hydrogens (primary N) is 2. The Morgan fingerprint density at radius 1 is 1.26 bits per heavy atom. The molecule has 1 aliphatic rings. The van der Waals surface area contributed by atoms with Crippen molar-refractivity contribution in [2.24, 2.45) is 5.73 Å². The van der Waals surface area contributed by atoms with E-state index in [-0.39, 0.29) is 11.9 Å². The fourth-order valence-corrected chi connectivity index (χ4v) is 3.92. The van der Waals surface area contributed by atoms with Gasteiger partial charge in [-0.25, -0.2) is 4.98 Å². The number of hydrogen-bond donors (Lipinski definition) is 2. The van der Waals surface area contributed by atoms with Gasteiger partial charge < -0.3 is 16.2 Å². The van der Waals surface area contributed by atoms with Crippen molar-refractivity contribution >= 4 is 46.8 Å². The number of primary amides is 1. The minimum atomic E-state index is -0.333. The largest absolute Gasteiger partial charge is 0.491 e. The summed E-state index contributed by atoms with van der Waals surface area (Å²) >= 11 is 13.9. The molecule has 1 amide bonds. The van der Waals surface area contributed by atoms with Gasteiger partial charge in [0.1, 0.15) is 5.75 Å². The van der Waals surface area contributed by atoms with Crippen LogP contribution in [-0.4, -0.2) is 33.2 Å². The first-order valence-corrected chi connectivity index (χ1v) is 10.3. The Bertz CT molecular complexity index is 835. The number of nitrogens with zero attached hydrogens (tertiary/aromatic N) is 3. The number of anilines is 1. The summed E-state index contributed by atoms with van der Waals surface area (Å²) in [4.78, 5) is 23.6. The molecule has 0 atom stereocenters. The average molecular weight is 430 g/mol. The molecule has 3 rings (SSSR count). The summed E-state index contributed by atoms with van der Waals surface area (Å²) < 4.78 is 5.57. The van der Waals surface area contributed by atoms with Gasteiger partial charge in [-0.15, -0.1) is 0 Å². The second-order valence-electron chi connectivity index (χ2n) is 5.34. The normalized spacial score (nSPS) is 12.0. The van der Waals surface area contributed by atoms with Crippen LogP contribution in [0, 0.1) is 0 Å². The number of nitrogen functional groups attached to an aromatic ring is 1. The summed E-state index contributed by atoms with van der Waals surface area (Å²) in [6.07, 6.45) is 1.61. The van der Waals surface area contributed by atoms with Gasteiger partial charge in [-0.3, -0.25) is 4.79 Å². The third kappa shape index (κ3) is 5.37. The van der Waals surface area contributed by atoms with E-state index in [9.17, 15) is 4.79 Å². The zero-order valence-electron chi connectivity index (χ0n) is 15.1. The Morgan fingerprint density at radius 2 is 2.00 bits per heavy atom. The van der Waals surface area contributed by atoms with Gasteiger partial charge in [0.05, 0.1) is 16.7 Å². The first-order chi connectivity index (χ1) is 13.0. The molecule has 2 aromatic rings. The number of ether oxygens (including phenoxy) is 1. The Kier molecular flexibility index (Phi) is 7.94. The maximum Gasteiger partial charge on any atom is 0.224 e. The highest BCUT2D eigenvalue weighted by molar-refractivity contribution is 7.99. The monoisotopic (exact) mass is 429 g/mol. The lowest BCUT2D eigenvalue weighted by Gasteiger charge is -2.11. The van der Waals surface area contributed by atoms with Gasteiger partial charge in [-0.2, -0.15) is 9.97 Å². The molecule has 0 bridgehead atoms. The van der Waals surface area contributed by atoms with Crippen molar-refractivity contribution in [3.05, 3.63) is 21.7 Å². The highest BCUT2D eigenvalue weighted by atomic mass is 35.5. The lowest BCUT2D eigenvalue weighted by atomic mass is 10.0. The number of fused-ring (bicyclic) bond motifs is 1. The van der Waals surface area contributed by atoms with Crippen molar-refractivity contribution in [3.8, 4) is 17.1 Å². The van der Waals surface area contributed by atoms with Gasteiger partial charge >= 0.3 is 0 Å². The molecule has 7 nitrogen and oxygen atoms in total. The van der Waals surface area contributed by atoms with E-state index in [4.69, 9.17) is 39.4 Å². The molecule has 1 aliphatic heterocycles. The summed E-state index contributed by atoms with van der Waals surface area (Å²) in [6, 6.07) is 1.61. The van der Waals surface area contributed by atoms with Crippen molar-refractivity contribution in [2.75, 3.05) is 18.1 Å². The number of amides is 1. The molecule has 0 spiro atoms. The molecule has 0 aliphatic carbocycles. The molecule has 2 heterocycles. The predicted octanol–water partition coefficient (Wildman–Crippen LogP) is 3.75. The molecule has 0 fully saturated rings. The maximum absolute atomic E-state index is 10.8. The quantitative estimate of drug-likeness (QED) is 0.530. The van der Waals surface area contributed by atoms with E-state index < -0.39 is 0 Å². The number of halogens is 2. The minimum Gasteiger partial charge on any atom is -0.491 e. The fraction of sp³-hybridized carbons (Fsp3) is 0.412. The minimum absolute atomic E-state index is 0.0982. The van der Waals surface area contributed by atoms with Gasteiger partial charge in [0.25, 0.3) is 0 Å². The van der Waals surface area contributed by atoms with Crippen LogP contribution in [0.3, 0.4) is 0 Å². The standard InChI is InChI=1S/C15H15Cl2N5O2S.C2H6/c16-8-6-9(17)12-7(3-4-24-12)11(8)13-20-14(19)22-15(21-13)25-5-1-2-10(18)23;1-2/h6H,1-5H2,(H2,18,23)(H2,19,20,21,22);1-2H3. The summed E-state index contributed by atoms with van der Waals surface area (Å²) in [5.41, 5.74) is 12.5. The van der Waals surface area contributed by atoms with Crippen molar-refractivity contribution < 1.29 is 9.53 Å². The Labute approximate surface area is 172 Å². The highest BCUT2D eigenvalue weighted by Gasteiger charge is 2.25. The van der Waals surface area contributed by atoms with Gasteiger partial charge in [-0.1, -0.05) is 48.8 Å². The second kappa shape index (κ2) is 9.96. The average Bonchev–Trinajstić information content (AvgIpc) is 3.10. The van der Waals surface area contributed by atoms with Crippen molar-refractivity contribution in [1.82, 2.24) is 15.0 Å². The predicted molar refractivity (Wildman–Crippen MR) is 109 cm³/mol. The molecule has 10 heteroatoms. The zero-order chi connectivity index (χ0) is 20.0. The smallest absolute Gasteiger partial charge is 0.224 e. The summed E-state index contributed by atoms with van der Waals surface area (Å²) in [6.45, 7) is 4.53. The van der Waals surface area contributed by atoms with E-state index in [1.807, 2.05) is 13.8 Å². The number of benzene rings is 1. The Balaban J connectivity index is 0.00000126. The third-order valence-corrected chi connectivity index (χ3v) is 5.05. The molecule has 1 aromatic heterocycles. The summed E-state index contributed by atoms with van der Waals surface area (Å²) in [5, 5.41) is 1.36. The second-order valence-corrected chi connectivity index (χ2v) is 7.22. The number of rotatable bonds is 6. The lowest BCUT2D eigenvalue weighted by molar-refractivity contribution is -0.118. The van der Waals surface area contributed by atoms with Crippen LogP contribution in [0.4, 0.5) is 5.95 Å². The summed E-state index contributed by atoms with van der Waals surface area (Å²) in [7, 11) is 0. The number of hydrogen-bond acceptors (Lipinski definition) is 7. The fourth-order valence-electron chi connectivity index (χ4n) is 2.50. The zero-order valence-corrected chi connectivity index (χ0v) is 17.4. The Morgan fingerprint density at radius 3 is 2.70 bits per heavy atom. The number of carbonyl (C=O) groups excluding carboxylic acids is 1. The van der Waals surface area contributed by atoms with Crippen LogP contribution in [0.1, 0.15) is 32.3 Å². The van der Waals surface area contributed by atoms with E-state index >= 15 is 0 Å². The van der Waals surface area contributed by atoms with Crippen LogP contribution >= 0.6 is 35.0 Å².